The third-order valence-electron chi connectivity index (χ3n) is 4.83. The highest BCUT2D eigenvalue weighted by molar-refractivity contribution is 5.92. The number of carbonyl (C=O) groups is 1. The number of nitrogens with one attached hydrogen (secondary N) is 1. The number of imidazole rings is 1. The number of fused-ring (bicyclic) bond motifs is 2. The van der Waals surface area contributed by atoms with E-state index < -0.39 is 0 Å². The van der Waals surface area contributed by atoms with Crippen molar-refractivity contribution in [2.75, 3.05) is 13.8 Å². The number of amides is 1. The van der Waals surface area contributed by atoms with Crippen molar-refractivity contribution in [2.24, 2.45) is 0 Å². The molecule has 0 aliphatic carbocycles. The van der Waals surface area contributed by atoms with Crippen molar-refractivity contribution in [1.29, 1.82) is 0 Å². The van der Waals surface area contributed by atoms with Gasteiger partial charge in [0.05, 0.1) is 24.1 Å². The molecule has 1 N–H and O–H groups in total. The molecule has 0 atom stereocenters. The molecule has 0 saturated carbocycles. The molecule has 0 saturated heterocycles. The molecule has 0 spiro atoms. The van der Waals surface area contributed by atoms with Gasteiger partial charge in [0.25, 0.3) is 5.91 Å². The van der Waals surface area contributed by atoms with Crippen molar-refractivity contribution >= 4 is 11.6 Å². The van der Waals surface area contributed by atoms with E-state index in [1.807, 2.05) is 28.8 Å². The van der Waals surface area contributed by atoms with Crippen LogP contribution < -0.4 is 14.2 Å². The van der Waals surface area contributed by atoms with Crippen LogP contribution in [0.2, 0.25) is 0 Å². The molecule has 4 heterocycles. The first kappa shape index (κ1) is 18.0. The van der Waals surface area contributed by atoms with Crippen LogP contribution in [-0.4, -0.2) is 44.2 Å². The van der Waals surface area contributed by atoms with Gasteiger partial charge in [0.2, 0.25) is 6.79 Å². The molecule has 1 aliphatic heterocycles. The number of benzene rings is 1. The molecule has 5 rings (SSSR count). The number of rotatable bonds is 6. The molecule has 30 heavy (non-hydrogen) atoms. The van der Waals surface area contributed by atoms with Crippen LogP contribution in [0.25, 0.3) is 5.65 Å². The molecule has 1 aromatic carbocycles. The summed E-state index contributed by atoms with van der Waals surface area (Å²) >= 11 is 0. The molecule has 152 valence electrons. The van der Waals surface area contributed by atoms with E-state index in [9.17, 15) is 4.79 Å². The average Bonchev–Trinajstić information content (AvgIpc) is 3.51. The minimum Gasteiger partial charge on any atom is -0.487 e. The highest BCUT2D eigenvalue weighted by atomic mass is 16.7. The van der Waals surface area contributed by atoms with E-state index in [1.165, 1.54) is 0 Å². The average molecular weight is 405 g/mol. The summed E-state index contributed by atoms with van der Waals surface area (Å²) in [5.41, 5.74) is 2.79. The van der Waals surface area contributed by atoms with Crippen LogP contribution in [0.3, 0.4) is 0 Å². The van der Waals surface area contributed by atoms with Gasteiger partial charge in [0, 0.05) is 19.3 Å². The van der Waals surface area contributed by atoms with E-state index in [2.05, 4.69) is 15.2 Å². The number of hydrogen-bond donors (Lipinski definition) is 1. The maximum Gasteiger partial charge on any atom is 0.274 e. The molecule has 4 aromatic rings. The highest BCUT2D eigenvalue weighted by Crippen LogP contribution is 2.35. The number of hydrogen-bond acceptors (Lipinski definition) is 6. The maximum absolute atomic E-state index is 12.8. The van der Waals surface area contributed by atoms with Crippen molar-refractivity contribution in [1.82, 2.24) is 24.5 Å². The summed E-state index contributed by atoms with van der Waals surface area (Å²) < 4.78 is 18.4. The largest absolute Gasteiger partial charge is 0.487 e. The van der Waals surface area contributed by atoms with Crippen LogP contribution in [0.5, 0.6) is 17.2 Å². The summed E-state index contributed by atoms with van der Waals surface area (Å²) in [6.07, 6.45) is 3.70. The maximum atomic E-state index is 12.8. The van der Waals surface area contributed by atoms with Crippen LogP contribution >= 0.6 is 0 Å². The summed E-state index contributed by atoms with van der Waals surface area (Å²) in [4.78, 5) is 18.7. The van der Waals surface area contributed by atoms with Crippen molar-refractivity contribution in [3.8, 4) is 17.2 Å². The van der Waals surface area contributed by atoms with E-state index in [1.54, 1.807) is 42.4 Å². The first-order valence-electron chi connectivity index (χ1n) is 9.40. The normalized spacial score (nSPS) is 12.3. The van der Waals surface area contributed by atoms with E-state index in [-0.39, 0.29) is 19.3 Å². The number of aromatic amines is 1. The molecule has 0 fully saturated rings. The smallest absolute Gasteiger partial charge is 0.274 e. The van der Waals surface area contributed by atoms with Crippen molar-refractivity contribution < 1.29 is 19.0 Å². The minimum atomic E-state index is -0.188. The molecule has 0 bridgehead atoms. The van der Waals surface area contributed by atoms with Crippen LogP contribution in [0.4, 0.5) is 0 Å². The summed E-state index contributed by atoms with van der Waals surface area (Å²) in [5.74, 6) is 1.81. The topological polar surface area (TPSA) is 94.0 Å². The molecular formula is C21H19N5O4. The van der Waals surface area contributed by atoms with Gasteiger partial charge in [-0.15, -0.1) is 0 Å². The fourth-order valence-corrected chi connectivity index (χ4v) is 3.29. The van der Waals surface area contributed by atoms with Gasteiger partial charge in [-0.1, -0.05) is 6.07 Å². The summed E-state index contributed by atoms with van der Waals surface area (Å²) in [6.45, 7) is 0.879. The number of aromatic nitrogens is 4. The SMILES string of the molecule is CN(Cc1cnc2ccccn12)C(=O)c1cc(COc2ccc3c(c2)OCO3)[nH]n1. The first-order valence-corrected chi connectivity index (χ1v) is 9.40. The lowest BCUT2D eigenvalue weighted by Crippen LogP contribution is -2.27. The van der Waals surface area contributed by atoms with E-state index in [4.69, 9.17) is 14.2 Å². The van der Waals surface area contributed by atoms with Crippen LogP contribution in [0, 0.1) is 0 Å². The second kappa shape index (κ2) is 7.43. The van der Waals surface area contributed by atoms with Crippen LogP contribution in [-0.2, 0) is 13.2 Å². The molecule has 9 heteroatoms. The highest BCUT2D eigenvalue weighted by Gasteiger charge is 2.18. The number of ether oxygens (including phenoxy) is 3. The zero-order chi connectivity index (χ0) is 20.5. The number of pyridine rings is 1. The standard InChI is InChI=1S/C21H19N5O4/c1-25(11-15-10-22-20-4-2-3-7-26(15)20)21(27)17-8-14(23-24-17)12-28-16-5-6-18-19(9-16)30-13-29-18/h2-10H,11-13H2,1H3,(H,23,24). The van der Waals surface area contributed by atoms with Crippen LogP contribution in [0.1, 0.15) is 21.9 Å². The Bertz CT molecular complexity index is 1220. The monoisotopic (exact) mass is 405 g/mol. The molecular weight excluding hydrogens is 386 g/mol. The predicted octanol–water partition coefficient (Wildman–Crippen LogP) is 2.64. The Balaban J connectivity index is 1.22. The number of carbonyl (C=O) groups excluding carboxylic acids is 1. The zero-order valence-corrected chi connectivity index (χ0v) is 16.2. The van der Waals surface area contributed by atoms with Gasteiger partial charge < -0.3 is 23.5 Å². The second-order valence-corrected chi connectivity index (χ2v) is 6.92. The molecule has 1 aliphatic rings. The van der Waals surface area contributed by atoms with E-state index in [0.29, 0.717) is 35.2 Å². The third kappa shape index (κ3) is 3.41. The Morgan fingerprint density at radius 1 is 1.23 bits per heavy atom. The second-order valence-electron chi connectivity index (χ2n) is 6.92. The zero-order valence-electron chi connectivity index (χ0n) is 16.2. The fourth-order valence-electron chi connectivity index (χ4n) is 3.29. The summed E-state index contributed by atoms with van der Waals surface area (Å²) in [7, 11) is 1.74. The predicted molar refractivity (Wildman–Crippen MR) is 106 cm³/mol. The lowest BCUT2D eigenvalue weighted by atomic mass is 10.3. The van der Waals surface area contributed by atoms with Crippen LogP contribution in [0.15, 0.2) is 54.9 Å². The fraction of sp³-hybridized carbons (Fsp3) is 0.190. The van der Waals surface area contributed by atoms with Gasteiger partial charge in [-0.05, 0) is 30.3 Å². The third-order valence-corrected chi connectivity index (χ3v) is 4.83. The summed E-state index contributed by atoms with van der Waals surface area (Å²) in [6, 6.07) is 12.9. The molecule has 3 aromatic heterocycles. The van der Waals surface area contributed by atoms with Gasteiger partial charge in [-0.25, -0.2) is 4.98 Å². The molecule has 0 unspecified atom stereocenters. The number of H-pyrrole nitrogens is 1. The lowest BCUT2D eigenvalue weighted by Gasteiger charge is -2.15. The number of nitrogens with zero attached hydrogens (tertiary/aromatic N) is 4. The molecule has 1 amide bonds. The quantitative estimate of drug-likeness (QED) is 0.530. The first-order chi connectivity index (χ1) is 14.7. The van der Waals surface area contributed by atoms with Gasteiger partial charge >= 0.3 is 0 Å². The Hall–Kier alpha value is -4.01. The Morgan fingerprint density at radius 2 is 2.13 bits per heavy atom. The summed E-state index contributed by atoms with van der Waals surface area (Å²) in [5, 5.41) is 6.99. The van der Waals surface area contributed by atoms with Gasteiger partial charge in [-0.2, -0.15) is 5.10 Å². The Kier molecular flexibility index (Phi) is 4.47. The van der Waals surface area contributed by atoms with Crippen molar-refractivity contribution in [3.63, 3.8) is 0 Å². The van der Waals surface area contributed by atoms with Gasteiger partial charge in [0.1, 0.15) is 18.0 Å². The van der Waals surface area contributed by atoms with Crippen molar-refractivity contribution in [3.05, 3.63) is 71.9 Å². The molecule has 0 radical (unpaired) electrons. The Morgan fingerprint density at radius 3 is 3.07 bits per heavy atom. The Labute approximate surface area is 171 Å². The minimum absolute atomic E-state index is 0.188. The van der Waals surface area contributed by atoms with Crippen molar-refractivity contribution in [2.45, 2.75) is 13.2 Å². The van der Waals surface area contributed by atoms with Gasteiger partial charge in [0.15, 0.2) is 17.2 Å². The van der Waals surface area contributed by atoms with E-state index >= 15 is 0 Å². The lowest BCUT2D eigenvalue weighted by molar-refractivity contribution is 0.0777. The van der Waals surface area contributed by atoms with E-state index in [0.717, 1.165) is 11.3 Å². The molecule has 9 nitrogen and oxygen atoms in total. The van der Waals surface area contributed by atoms with Gasteiger partial charge in [-0.3, -0.25) is 9.89 Å².